The lowest BCUT2D eigenvalue weighted by molar-refractivity contribution is -0.265. The molecule has 9 heteroatoms. The van der Waals surface area contributed by atoms with Crippen molar-refractivity contribution in [3.8, 4) is 17.1 Å². The zero-order valence-corrected chi connectivity index (χ0v) is 23.4. The van der Waals surface area contributed by atoms with Crippen LogP contribution in [-0.2, 0) is 16.0 Å². The van der Waals surface area contributed by atoms with Gasteiger partial charge in [0.15, 0.2) is 17.2 Å². The smallest absolute Gasteiger partial charge is 0.230 e. The van der Waals surface area contributed by atoms with Crippen LogP contribution in [0.1, 0.15) is 50.0 Å². The Bertz CT molecular complexity index is 1590. The van der Waals surface area contributed by atoms with Crippen LogP contribution in [0.5, 0.6) is 5.75 Å². The Morgan fingerprint density at radius 2 is 1.78 bits per heavy atom. The van der Waals surface area contributed by atoms with Crippen LogP contribution >= 0.6 is 0 Å². The molecule has 0 spiro atoms. The number of fused-ring (bicyclic) bond motifs is 4. The first kappa shape index (κ1) is 27.6. The molecule has 1 amide bonds. The van der Waals surface area contributed by atoms with E-state index in [0.29, 0.717) is 22.5 Å². The fraction of sp³-hybridized carbons (Fsp3) is 0.469. The highest BCUT2D eigenvalue weighted by Crippen LogP contribution is 2.66. The second kappa shape index (κ2) is 8.74. The molecular formula is C32H35NO8. The van der Waals surface area contributed by atoms with Crippen LogP contribution in [0, 0.1) is 34.5 Å². The molecule has 2 unspecified atom stereocenters. The third-order valence-corrected chi connectivity index (χ3v) is 10.4. The first-order chi connectivity index (χ1) is 19.2. The summed E-state index contributed by atoms with van der Waals surface area (Å²) in [6.45, 7) is 7.09. The summed E-state index contributed by atoms with van der Waals surface area (Å²) in [4.78, 5) is 40.4. The van der Waals surface area contributed by atoms with E-state index in [9.17, 15) is 34.8 Å². The Labute approximate surface area is 237 Å². The summed E-state index contributed by atoms with van der Waals surface area (Å²) in [7, 11) is 0. The van der Waals surface area contributed by atoms with E-state index in [-0.39, 0.29) is 30.1 Å². The van der Waals surface area contributed by atoms with Crippen LogP contribution in [0.15, 0.2) is 46.9 Å². The number of rotatable bonds is 3. The topological polar surface area (TPSA) is 171 Å². The first-order valence-electron chi connectivity index (χ1n) is 14.0. The van der Waals surface area contributed by atoms with Crippen LogP contribution in [0.3, 0.4) is 0 Å². The molecule has 0 saturated heterocycles. The number of carbonyl (C=O) groups is 3. The predicted octanol–water partition coefficient (Wildman–Crippen LogP) is 2.99. The lowest BCUT2D eigenvalue weighted by Crippen LogP contribution is -2.79. The number of amides is 1. The molecule has 216 valence electrons. The molecule has 3 aromatic rings. The summed E-state index contributed by atoms with van der Waals surface area (Å²) < 4.78 is 6.11. The lowest BCUT2D eigenvalue weighted by Gasteiger charge is -2.66. The molecule has 6 rings (SSSR count). The first-order valence-corrected chi connectivity index (χ1v) is 14.0. The number of para-hydroxylation sites is 1. The lowest BCUT2D eigenvalue weighted by atomic mass is 9.39. The number of Topliss-reactive ketones (excluding diaryl/α,β-unsaturated/α-hetero) is 2. The van der Waals surface area contributed by atoms with Crippen molar-refractivity contribution in [2.75, 3.05) is 0 Å². The van der Waals surface area contributed by atoms with Gasteiger partial charge in [0.2, 0.25) is 5.91 Å². The number of carbonyl (C=O) groups excluding carboxylic acids is 3. The van der Waals surface area contributed by atoms with E-state index < -0.39 is 63.9 Å². The van der Waals surface area contributed by atoms with Gasteiger partial charge in [-0.3, -0.25) is 14.4 Å². The van der Waals surface area contributed by atoms with Gasteiger partial charge < -0.3 is 30.6 Å². The summed E-state index contributed by atoms with van der Waals surface area (Å²) in [5, 5.41) is 47.2. The van der Waals surface area contributed by atoms with Gasteiger partial charge in [-0.15, -0.1) is 0 Å². The third kappa shape index (κ3) is 3.43. The summed E-state index contributed by atoms with van der Waals surface area (Å²) >= 11 is 0. The fourth-order valence-electron chi connectivity index (χ4n) is 8.88. The SMILES string of the molecule is CC(C)[C@H]1C(O)[C@@H](C(N)=O)C(=O)[C@]2(O)C(O)[C@H]3C(=O)c4c(O)ccc(-c5cc6ccccc6o5)c4C[C@]3(C)C[C@]12C. The van der Waals surface area contributed by atoms with Gasteiger partial charge in [0.05, 0.1) is 17.6 Å². The zero-order chi connectivity index (χ0) is 29.8. The molecule has 2 saturated carbocycles. The quantitative estimate of drug-likeness (QED) is 0.304. The Morgan fingerprint density at radius 3 is 2.41 bits per heavy atom. The van der Waals surface area contributed by atoms with Gasteiger partial charge in [0.1, 0.15) is 29.1 Å². The summed E-state index contributed by atoms with van der Waals surface area (Å²) in [6.07, 6.45) is -3.09. The average molecular weight is 562 g/mol. The van der Waals surface area contributed by atoms with Crippen molar-refractivity contribution in [2.24, 2.45) is 40.2 Å². The van der Waals surface area contributed by atoms with Gasteiger partial charge in [-0.25, -0.2) is 0 Å². The third-order valence-electron chi connectivity index (χ3n) is 10.4. The average Bonchev–Trinajstić information content (AvgIpc) is 3.30. The number of phenolic OH excluding ortho intramolecular Hbond substituents is 1. The van der Waals surface area contributed by atoms with E-state index in [2.05, 4.69) is 0 Å². The molecule has 0 aliphatic heterocycles. The molecule has 6 N–H and O–H groups in total. The van der Waals surface area contributed by atoms with Crippen molar-refractivity contribution in [3.63, 3.8) is 0 Å². The van der Waals surface area contributed by atoms with Crippen molar-refractivity contribution in [2.45, 2.75) is 58.3 Å². The summed E-state index contributed by atoms with van der Waals surface area (Å²) in [6, 6.07) is 12.5. The molecular weight excluding hydrogens is 526 g/mol. The van der Waals surface area contributed by atoms with Crippen molar-refractivity contribution in [1.82, 2.24) is 0 Å². The zero-order valence-electron chi connectivity index (χ0n) is 23.4. The Morgan fingerprint density at radius 1 is 1.10 bits per heavy atom. The molecule has 41 heavy (non-hydrogen) atoms. The molecule has 2 fully saturated rings. The van der Waals surface area contributed by atoms with Gasteiger partial charge in [-0.2, -0.15) is 0 Å². The highest BCUT2D eigenvalue weighted by atomic mass is 16.4. The second-order valence-electron chi connectivity index (χ2n) is 13.1. The molecule has 1 aromatic heterocycles. The number of ketones is 2. The molecule has 1 heterocycles. The summed E-state index contributed by atoms with van der Waals surface area (Å²) in [5.74, 6) is -6.67. The minimum absolute atomic E-state index is 0.00633. The van der Waals surface area contributed by atoms with Crippen LogP contribution in [-0.4, -0.2) is 55.7 Å². The predicted molar refractivity (Wildman–Crippen MR) is 149 cm³/mol. The maximum absolute atomic E-state index is 14.3. The number of furan rings is 1. The number of benzene rings is 2. The van der Waals surface area contributed by atoms with Crippen LogP contribution < -0.4 is 5.73 Å². The molecule has 3 aliphatic carbocycles. The van der Waals surface area contributed by atoms with Gasteiger partial charge in [-0.05, 0) is 59.9 Å². The van der Waals surface area contributed by atoms with Crippen LogP contribution in [0.4, 0.5) is 0 Å². The van der Waals surface area contributed by atoms with Gasteiger partial charge >= 0.3 is 0 Å². The van der Waals surface area contributed by atoms with Crippen LogP contribution in [0.25, 0.3) is 22.3 Å². The number of aliphatic hydroxyl groups excluding tert-OH is 2. The maximum atomic E-state index is 14.3. The molecule has 2 aromatic carbocycles. The van der Waals surface area contributed by atoms with Crippen LogP contribution in [0.2, 0.25) is 0 Å². The number of primary amides is 1. The van der Waals surface area contributed by atoms with E-state index in [4.69, 9.17) is 10.2 Å². The summed E-state index contributed by atoms with van der Waals surface area (Å²) in [5.41, 5.74) is 2.42. The van der Waals surface area contributed by atoms with Gasteiger partial charge in [0, 0.05) is 16.4 Å². The number of aliphatic hydroxyl groups is 3. The van der Waals surface area contributed by atoms with Crippen molar-refractivity contribution < 1.29 is 39.2 Å². The normalized spacial score (nSPS) is 36.6. The van der Waals surface area contributed by atoms with Crippen molar-refractivity contribution in [3.05, 3.63) is 53.6 Å². The molecule has 9 nitrogen and oxygen atoms in total. The van der Waals surface area contributed by atoms with Crippen molar-refractivity contribution >= 4 is 28.4 Å². The van der Waals surface area contributed by atoms with Crippen molar-refractivity contribution in [1.29, 1.82) is 0 Å². The number of phenols is 1. The second-order valence-corrected chi connectivity index (χ2v) is 13.1. The minimum atomic E-state index is -2.54. The Balaban J connectivity index is 1.55. The maximum Gasteiger partial charge on any atom is 0.230 e. The molecule has 0 radical (unpaired) electrons. The molecule has 0 bridgehead atoms. The molecule has 8 atom stereocenters. The largest absolute Gasteiger partial charge is 0.507 e. The highest BCUT2D eigenvalue weighted by Gasteiger charge is 2.75. The van der Waals surface area contributed by atoms with E-state index in [1.165, 1.54) is 6.07 Å². The van der Waals surface area contributed by atoms with E-state index in [1.54, 1.807) is 13.0 Å². The Kier molecular flexibility index (Phi) is 5.89. The minimum Gasteiger partial charge on any atom is -0.507 e. The Hall–Kier alpha value is -3.53. The van der Waals surface area contributed by atoms with E-state index in [0.717, 1.165) is 5.39 Å². The fourth-order valence-corrected chi connectivity index (χ4v) is 8.88. The highest BCUT2D eigenvalue weighted by molar-refractivity contribution is 6.09. The number of nitrogens with two attached hydrogens (primary N) is 1. The van der Waals surface area contributed by atoms with Gasteiger partial charge in [0.25, 0.3) is 0 Å². The number of hydrogen-bond donors (Lipinski definition) is 5. The molecule has 3 aliphatic rings. The monoisotopic (exact) mass is 561 g/mol. The standard InChI is InChI=1S/C32H35NO8/c1-14(2)23-26(36)22(29(33)39)27(37)32(40)28(38)24-25(35)21-17(12-30(24,3)13-31(23,32)4)16(9-10-18(21)34)20-11-15-7-5-6-8-19(15)41-20/h5-11,14,22-24,26,28,34,36,38,40H,12-13H2,1-4H3,(H2,33,39)/t22-,23+,24-,26?,28?,30-,31-,32+/m1/s1. The van der Waals surface area contributed by atoms with Gasteiger partial charge in [-0.1, -0.05) is 45.9 Å². The number of hydrogen-bond acceptors (Lipinski definition) is 8. The van der Waals surface area contributed by atoms with E-state index >= 15 is 0 Å². The number of aromatic hydroxyl groups is 1. The van der Waals surface area contributed by atoms with E-state index in [1.807, 2.05) is 51.1 Å².